The van der Waals surface area contributed by atoms with Crippen LogP contribution in [0.15, 0.2) is 77.4 Å². The molecule has 164 valence electrons. The summed E-state index contributed by atoms with van der Waals surface area (Å²) in [6, 6.07) is 20.3. The van der Waals surface area contributed by atoms with Gasteiger partial charge in [0.25, 0.3) is 0 Å². The van der Waals surface area contributed by atoms with Crippen LogP contribution in [0.25, 0.3) is 10.9 Å². The van der Waals surface area contributed by atoms with Crippen LogP contribution in [0, 0.1) is 12.8 Å². The van der Waals surface area contributed by atoms with Gasteiger partial charge in [0.05, 0.1) is 23.8 Å². The summed E-state index contributed by atoms with van der Waals surface area (Å²) >= 11 is 0. The van der Waals surface area contributed by atoms with E-state index in [1.165, 1.54) is 6.26 Å². The van der Waals surface area contributed by atoms with E-state index in [0.717, 1.165) is 22.2 Å². The van der Waals surface area contributed by atoms with Gasteiger partial charge in [-0.2, -0.15) is 0 Å². The quantitative estimate of drug-likeness (QED) is 0.286. The molecular weight excluding hydrogens is 408 g/mol. The standard InChI is InChI=1S/C25H24N2O5/c1-16-13-18(21-6-2-3-7-23(21)26-16)15-32-19-10-8-17(9-11-19)24(28)22(25(29)27-30)14-20-5-4-12-31-20/h2-13,22,24,28,30H,14-15H2,1H3,(H,27,29). The van der Waals surface area contributed by atoms with E-state index in [4.69, 9.17) is 14.4 Å². The summed E-state index contributed by atoms with van der Waals surface area (Å²) < 4.78 is 11.2. The fourth-order valence-electron chi connectivity index (χ4n) is 3.74. The van der Waals surface area contributed by atoms with Gasteiger partial charge in [-0.15, -0.1) is 0 Å². The van der Waals surface area contributed by atoms with Crippen LogP contribution in [0.2, 0.25) is 0 Å². The summed E-state index contributed by atoms with van der Waals surface area (Å²) in [4.78, 5) is 16.7. The fourth-order valence-corrected chi connectivity index (χ4v) is 3.74. The van der Waals surface area contributed by atoms with Crippen molar-refractivity contribution >= 4 is 16.8 Å². The molecule has 0 saturated carbocycles. The molecule has 0 aliphatic rings. The maximum Gasteiger partial charge on any atom is 0.249 e. The average Bonchev–Trinajstić information content (AvgIpc) is 3.33. The van der Waals surface area contributed by atoms with Crippen LogP contribution in [-0.4, -0.2) is 21.2 Å². The minimum absolute atomic E-state index is 0.146. The Balaban J connectivity index is 1.47. The van der Waals surface area contributed by atoms with E-state index in [-0.39, 0.29) is 6.42 Å². The number of amides is 1. The molecule has 2 atom stereocenters. The number of carbonyl (C=O) groups is 1. The Morgan fingerprint density at radius 1 is 1.12 bits per heavy atom. The Morgan fingerprint density at radius 2 is 1.91 bits per heavy atom. The number of carbonyl (C=O) groups excluding carboxylic acids is 1. The van der Waals surface area contributed by atoms with Crippen molar-refractivity contribution in [1.82, 2.24) is 10.5 Å². The maximum absolute atomic E-state index is 12.1. The van der Waals surface area contributed by atoms with E-state index in [2.05, 4.69) is 4.98 Å². The summed E-state index contributed by atoms with van der Waals surface area (Å²) in [5.74, 6) is -0.426. The van der Waals surface area contributed by atoms with Gasteiger partial charge in [0, 0.05) is 23.1 Å². The first kappa shape index (κ1) is 21.5. The van der Waals surface area contributed by atoms with Gasteiger partial charge in [0.2, 0.25) is 5.91 Å². The molecule has 0 radical (unpaired) electrons. The highest BCUT2D eigenvalue weighted by atomic mass is 16.5. The number of aryl methyl sites for hydroxylation is 1. The molecule has 0 aliphatic heterocycles. The van der Waals surface area contributed by atoms with Crippen molar-refractivity contribution in [3.05, 3.63) is 95.6 Å². The zero-order valence-corrected chi connectivity index (χ0v) is 17.6. The Labute approximate surface area is 185 Å². The number of hydrogen-bond donors (Lipinski definition) is 3. The second-order valence-electron chi connectivity index (χ2n) is 7.61. The molecule has 0 bridgehead atoms. The minimum Gasteiger partial charge on any atom is -0.489 e. The highest BCUT2D eigenvalue weighted by Crippen LogP contribution is 2.28. The lowest BCUT2D eigenvalue weighted by Crippen LogP contribution is -2.33. The highest BCUT2D eigenvalue weighted by Gasteiger charge is 2.29. The molecule has 0 spiro atoms. The van der Waals surface area contributed by atoms with Crippen LogP contribution in [0.1, 0.15) is 28.7 Å². The van der Waals surface area contributed by atoms with Crippen molar-refractivity contribution in [3.63, 3.8) is 0 Å². The number of fused-ring (bicyclic) bond motifs is 1. The van der Waals surface area contributed by atoms with Crippen LogP contribution in [0.4, 0.5) is 0 Å². The van der Waals surface area contributed by atoms with Gasteiger partial charge in [0.1, 0.15) is 18.1 Å². The smallest absolute Gasteiger partial charge is 0.249 e. The normalized spacial score (nSPS) is 13.0. The van der Waals surface area contributed by atoms with Gasteiger partial charge in [0.15, 0.2) is 0 Å². The molecule has 0 saturated heterocycles. The van der Waals surface area contributed by atoms with Crippen LogP contribution >= 0.6 is 0 Å². The van der Waals surface area contributed by atoms with E-state index in [9.17, 15) is 9.90 Å². The van der Waals surface area contributed by atoms with Crippen LogP contribution in [0.5, 0.6) is 5.75 Å². The summed E-state index contributed by atoms with van der Waals surface area (Å²) in [7, 11) is 0. The second kappa shape index (κ2) is 9.64. The average molecular weight is 432 g/mol. The Bertz CT molecular complexity index is 1190. The number of furan rings is 1. The third-order valence-electron chi connectivity index (χ3n) is 5.38. The Kier molecular flexibility index (Phi) is 6.49. The van der Waals surface area contributed by atoms with Crippen molar-refractivity contribution in [2.24, 2.45) is 5.92 Å². The first-order valence-electron chi connectivity index (χ1n) is 10.3. The number of aliphatic hydroxyl groups is 1. The van der Waals surface area contributed by atoms with Gasteiger partial charge in [-0.25, -0.2) is 5.48 Å². The number of hydroxylamine groups is 1. The van der Waals surface area contributed by atoms with Gasteiger partial charge < -0.3 is 14.3 Å². The molecule has 2 heterocycles. The molecule has 7 nitrogen and oxygen atoms in total. The molecule has 2 aromatic carbocycles. The fraction of sp³-hybridized carbons (Fsp3) is 0.200. The van der Waals surface area contributed by atoms with E-state index >= 15 is 0 Å². The zero-order chi connectivity index (χ0) is 22.5. The number of pyridine rings is 1. The van der Waals surface area contributed by atoms with Crippen molar-refractivity contribution in [2.75, 3.05) is 0 Å². The predicted octanol–water partition coefficient (Wildman–Crippen LogP) is 4.11. The molecular formula is C25H24N2O5. The summed E-state index contributed by atoms with van der Waals surface area (Å²) in [5, 5.41) is 20.9. The summed E-state index contributed by atoms with van der Waals surface area (Å²) in [6.07, 6.45) is 0.510. The number of ether oxygens (including phenoxy) is 1. The maximum atomic E-state index is 12.1. The number of hydrogen-bond acceptors (Lipinski definition) is 6. The SMILES string of the molecule is Cc1cc(COc2ccc(C(O)C(Cc3ccco3)C(=O)NO)cc2)c2ccccc2n1. The molecule has 1 amide bonds. The monoisotopic (exact) mass is 432 g/mol. The number of nitrogens with one attached hydrogen (secondary N) is 1. The molecule has 0 fully saturated rings. The van der Waals surface area contributed by atoms with E-state index in [1.807, 2.05) is 37.3 Å². The summed E-state index contributed by atoms with van der Waals surface area (Å²) in [5.41, 5.74) is 5.04. The van der Waals surface area contributed by atoms with Gasteiger partial charge in [-0.1, -0.05) is 30.3 Å². The van der Waals surface area contributed by atoms with Crippen molar-refractivity contribution in [3.8, 4) is 5.75 Å². The molecule has 2 unspecified atom stereocenters. The van der Waals surface area contributed by atoms with Gasteiger partial charge in [-0.3, -0.25) is 15.0 Å². The third kappa shape index (κ3) is 4.80. The number of rotatable bonds is 8. The van der Waals surface area contributed by atoms with Crippen LogP contribution in [-0.2, 0) is 17.8 Å². The predicted molar refractivity (Wildman–Crippen MR) is 118 cm³/mol. The number of aliphatic hydroxyl groups excluding tert-OH is 1. The number of benzene rings is 2. The van der Waals surface area contributed by atoms with E-state index in [0.29, 0.717) is 23.7 Å². The van der Waals surface area contributed by atoms with E-state index in [1.54, 1.807) is 41.9 Å². The number of para-hydroxylation sites is 1. The van der Waals surface area contributed by atoms with Crippen LogP contribution in [0.3, 0.4) is 0 Å². The Hall–Kier alpha value is -3.68. The minimum atomic E-state index is -1.13. The van der Waals surface area contributed by atoms with Gasteiger partial charge >= 0.3 is 0 Å². The first-order chi connectivity index (χ1) is 15.5. The molecule has 0 aliphatic carbocycles. The van der Waals surface area contributed by atoms with E-state index < -0.39 is 17.9 Å². The number of nitrogens with zero attached hydrogens (tertiary/aromatic N) is 1. The lowest BCUT2D eigenvalue weighted by molar-refractivity contribution is -0.137. The molecule has 2 aromatic heterocycles. The summed E-state index contributed by atoms with van der Waals surface area (Å²) in [6.45, 7) is 2.33. The van der Waals surface area contributed by atoms with Crippen LogP contribution < -0.4 is 10.2 Å². The Morgan fingerprint density at radius 3 is 2.62 bits per heavy atom. The van der Waals surface area contributed by atoms with Crippen molar-refractivity contribution < 1.29 is 24.3 Å². The molecule has 3 N–H and O–H groups in total. The largest absolute Gasteiger partial charge is 0.489 e. The first-order valence-corrected chi connectivity index (χ1v) is 10.3. The second-order valence-corrected chi connectivity index (χ2v) is 7.61. The molecule has 4 aromatic rings. The molecule has 7 heteroatoms. The number of aromatic nitrogens is 1. The lowest BCUT2D eigenvalue weighted by Gasteiger charge is -2.21. The topological polar surface area (TPSA) is 105 Å². The molecule has 4 rings (SSSR count). The highest BCUT2D eigenvalue weighted by molar-refractivity contribution is 5.82. The zero-order valence-electron chi connectivity index (χ0n) is 17.6. The van der Waals surface area contributed by atoms with Gasteiger partial charge in [-0.05, 0) is 48.9 Å². The third-order valence-corrected chi connectivity index (χ3v) is 5.38. The lowest BCUT2D eigenvalue weighted by atomic mass is 9.91. The van der Waals surface area contributed by atoms with Crippen molar-refractivity contribution in [1.29, 1.82) is 0 Å². The molecule has 32 heavy (non-hydrogen) atoms. The van der Waals surface area contributed by atoms with Crippen molar-refractivity contribution in [2.45, 2.75) is 26.1 Å².